The number of hydrogen-bond donors (Lipinski definition) is 1. The molecule has 1 aliphatic carbocycles. The molecule has 1 aromatic carbocycles. The van der Waals surface area contributed by atoms with Gasteiger partial charge in [-0.1, -0.05) is 12.8 Å². The molecule has 0 spiro atoms. The molecule has 1 aliphatic rings. The van der Waals surface area contributed by atoms with Crippen LogP contribution in [0, 0.1) is 0 Å². The Morgan fingerprint density at radius 1 is 1.06 bits per heavy atom. The molecule has 0 aliphatic heterocycles. The molecule has 3 nitrogen and oxygen atoms in total. The van der Waals surface area contributed by atoms with Crippen LogP contribution in [0.1, 0.15) is 25.7 Å². The van der Waals surface area contributed by atoms with Crippen molar-refractivity contribution >= 4 is 0 Å². The molecule has 16 heavy (non-hydrogen) atoms. The molecule has 1 fully saturated rings. The van der Waals surface area contributed by atoms with Gasteiger partial charge in [0.25, 0.3) is 0 Å². The van der Waals surface area contributed by atoms with E-state index in [1.54, 1.807) is 24.3 Å². The highest BCUT2D eigenvalue weighted by Gasteiger charge is 2.14. The molecule has 0 saturated heterocycles. The lowest BCUT2D eigenvalue weighted by molar-refractivity contribution is 0.0382. The summed E-state index contributed by atoms with van der Waals surface area (Å²) in [4.78, 5) is 0. The summed E-state index contributed by atoms with van der Waals surface area (Å²) in [5, 5.41) is 9.09. The van der Waals surface area contributed by atoms with Crippen molar-refractivity contribution in [3.63, 3.8) is 0 Å². The zero-order valence-electron chi connectivity index (χ0n) is 9.39. The number of rotatable bonds is 5. The van der Waals surface area contributed by atoms with E-state index in [0.717, 1.165) is 5.75 Å². The van der Waals surface area contributed by atoms with E-state index in [1.807, 2.05) is 0 Å². The summed E-state index contributed by atoms with van der Waals surface area (Å²) < 4.78 is 11.2. The van der Waals surface area contributed by atoms with E-state index in [-0.39, 0.29) is 5.75 Å². The number of ether oxygens (including phenoxy) is 2. The summed E-state index contributed by atoms with van der Waals surface area (Å²) in [6.07, 6.45) is 5.43. The van der Waals surface area contributed by atoms with Crippen LogP contribution < -0.4 is 4.74 Å². The summed E-state index contributed by atoms with van der Waals surface area (Å²) in [6, 6.07) is 6.75. The Labute approximate surface area is 96.0 Å². The largest absolute Gasteiger partial charge is 0.508 e. The number of benzene rings is 1. The predicted octanol–water partition coefficient (Wildman–Crippen LogP) is 2.73. The first-order chi connectivity index (χ1) is 7.84. The summed E-state index contributed by atoms with van der Waals surface area (Å²) in [5.74, 6) is 1.03. The molecule has 2 rings (SSSR count). The normalized spacial score (nSPS) is 16.5. The van der Waals surface area contributed by atoms with Gasteiger partial charge < -0.3 is 14.6 Å². The van der Waals surface area contributed by atoms with Crippen molar-refractivity contribution in [2.45, 2.75) is 31.8 Å². The van der Waals surface area contributed by atoms with E-state index in [2.05, 4.69) is 0 Å². The van der Waals surface area contributed by atoms with Gasteiger partial charge in [-0.15, -0.1) is 0 Å². The molecule has 0 amide bonds. The van der Waals surface area contributed by atoms with Crippen LogP contribution >= 0.6 is 0 Å². The van der Waals surface area contributed by atoms with Crippen molar-refractivity contribution in [1.82, 2.24) is 0 Å². The molecular weight excluding hydrogens is 204 g/mol. The van der Waals surface area contributed by atoms with Gasteiger partial charge in [0.2, 0.25) is 0 Å². The minimum atomic E-state index is 0.259. The quantitative estimate of drug-likeness (QED) is 0.778. The zero-order chi connectivity index (χ0) is 11.2. The fourth-order valence-electron chi connectivity index (χ4n) is 1.97. The molecule has 0 aromatic heterocycles. The topological polar surface area (TPSA) is 38.7 Å². The van der Waals surface area contributed by atoms with Gasteiger partial charge in [-0.25, -0.2) is 0 Å². The van der Waals surface area contributed by atoms with Gasteiger partial charge in [0.15, 0.2) is 0 Å². The summed E-state index contributed by atoms with van der Waals surface area (Å²) in [5.41, 5.74) is 0. The molecule has 0 bridgehead atoms. The molecule has 1 aromatic rings. The Hall–Kier alpha value is -1.22. The molecule has 1 saturated carbocycles. The predicted molar refractivity (Wildman–Crippen MR) is 61.8 cm³/mol. The summed E-state index contributed by atoms with van der Waals surface area (Å²) >= 11 is 0. The highest BCUT2D eigenvalue weighted by molar-refractivity contribution is 5.29. The van der Waals surface area contributed by atoms with Crippen molar-refractivity contribution < 1.29 is 14.6 Å². The zero-order valence-corrected chi connectivity index (χ0v) is 9.39. The molecule has 0 unspecified atom stereocenters. The highest BCUT2D eigenvalue weighted by atomic mass is 16.5. The Bertz CT molecular complexity index is 301. The van der Waals surface area contributed by atoms with Gasteiger partial charge in [-0.05, 0) is 37.1 Å². The monoisotopic (exact) mass is 222 g/mol. The van der Waals surface area contributed by atoms with Crippen LogP contribution in [-0.4, -0.2) is 24.4 Å². The van der Waals surface area contributed by atoms with E-state index in [1.165, 1.54) is 25.7 Å². The van der Waals surface area contributed by atoms with E-state index >= 15 is 0 Å². The number of aromatic hydroxyl groups is 1. The van der Waals surface area contributed by atoms with Crippen LogP contribution in [0.3, 0.4) is 0 Å². The van der Waals surface area contributed by atoms with Crippen LogP contribution in [-0.2, 0) is 4.74 Å². The van der Waals surface area contributed by atoms with Crippen LogP contribution in [0.2, 0.25) is 0 Å². The highest BCUT2D eigenvalue weighted by Crippen LogP contribution is 2.21. The molecule has 0 radical (unpaired) electrons. The first kappa shape index (κ1) is 11.3. The van der Waals surface area contributed by atoms with E-state index in [4.69, 9.17) is 14.6 Å². The van der Waals surface area contributed by atoms with Crippen molar-refractivity contribution in [3.05, 3.63) is 24.3 Å². The minimum absolute atomic E-state index is 0.259. The SMILES string of the molecule is Oc1ccc(OCCOC2CCCC2)cc1. The van der Waals surface area contributed by atoms with Gasteiger partial charge in [-0.2, -0.15) is 0 Å². The van der Waals surface area contributed by atoms with E-state index in [9.17, 15) is 0 Å². The first-order valence-corrected chi connectivity index (χ1v) is 5.88. The van der Waals surface area contributed by atoms with Gasteiger partial charge in [0, 0.05) is 0 Å². The van der Waals surface area contributed by atoms with Crippen molar-refractivity contribution in [3.8, 4) is 11.5 Å². The maximum absolute atomic E-state index is 9.09. The van der Waals surface area contributed by atoms with Crippen LogP contribution in [0.15, 0.2) is 24.3 Å². The minimum Gasteiger partial charge on any atom is -0.508 e. The molecule has 0 atom stereocenters. The standard InChI is InChI=1S/C13H18O3/c14-11-5-7-13(8-6-11)16-10-9-15-12-3-1-2-4-12/h5-8,12,14H,1-4,9-10H2. The van der Waals surface area contributed by atoms with Gasteiger partial charge in [0.1, 0.15) is 18.1 Å². The second-order valence-corrected chi connectivity index (χ2v) is 4.12. The maximum atomic E-state index is 9.09. The average Bonchev–Trinajstić information content (AvgIpc) is 2.80. The maximum Gasteiger partial charge on any atom is 0.119 e. The Morgan fingerprint density at radius 3 is 2.44 bits per heavy atom. The fraction of sp³-hybridized carbons (Fsp3) is 0.538. The number of phenols is 1. The van der Waals surface area contributed by atoms with Gasteiger partial charge in [0.05, 0.1) is 12.7 Å². The van der Waals surface area contributed by atoms with Crippen LogP contribution in [0.4, 0.5) is 0 Å². The Balaban J connectivity index is 1.62. The second-order valence-electron chi connectivity index (χ2n) is 4.12. The molecule has 0 heterocycles. The Kier molecular flexibility index (Phi) is 4.05. The lowest BCUT2D eigenvalue weighted by Gasteiger charge is -2.11. The third kappa shape index (κ3) is 3.42. The lowest BCUT2D eigenvalue weighted by atomic mass is 10.3. The summed E-state index contributed by atoms with van der Waals surface area (Å²) in [6.45, 7) is 1.22. The molecule has 88 valence electrons. The first-order valence-electron chi connectivity index (χ1n) is 5.88. The van der Waals surface area contributed by atoms with Crippen molar-refractivity contribution in [2.24, 2.45) is 0 Å². The average molecular weight is 222 g/mol. The van der Waals surface area contributed by atoms with E-state index in [0.29, 0.717) is 19.3 Å². The third-order valence-corrected chi connectivity index (χ3v) is 2.84. The number of phenolic OH excluding ortho intramolecular Hbond substituents is 1. The fourth-order valence-corrected chi connectivity index (χ4v) is 1.97. The van der Waals surface area contributed by atoms with Crippen LogP contribution in [0.25, 0.3) is 0 Å². The molecule has 3 heteroatoms. The molecular formula is C13H18O3. The number of hydrogen-bond acceptors (Lipinski definition) is 3. The van der Waals surface area contributed by atoms with Gasteiger partial charge in [-0.3, -0.25) is 0 Å². The second kappa shape index (κ2) is 5.75. The molecule has 1 N–H and O–H groups in total. The smallest absolute Gasteiger partial charge is 0.119 e. The van der Waals surface area contributed by atoms with E-state index < -0.39 is 0 Å². The van der Waals surface area contributed by atoms with Crippen molar-refractivity contribution in [2.75, 3.05) is 13.2 Å². The third-order valence-electron chi connectivity index (χ3n) is 2.84. The van der Waals surface area contributed by atoms with Crippen molar-refractivity contribution in [1.29, 1.82) is 0 Å². The Morgan fingerprint density at radius 2 is 1.75 bits per heavy atom. The van der Waals surface area contributed by atoms with Gasteiger partial charge >= 0.3 is 0 Å². The summed E-state index contributed by atoms with van der Waals surface area (Å²) in [7, 11) is 0. The lowest BCUT2D eigenvalue weighted by Crippen LogP contribution is -2.13. The van der Waals surface area contributed by atoms with Crippen LogP contribution in [0.5, 0.6) is 11.5 Å².